The number of carbonyl (C=O) groups excluding carboxylic acids is 1. The van der Waals surface area contributed by atoms with Crippen LogP contribution in [0.1, 0.15) is 15.9 Å². The predicted octanol–water partition coefficient (Wildman–Crippen LogP) is 2.81. The molecule has 3 N–H and O–H groups in total. The Morgan fingerprint density at radius 2 is 2.05 bits per heavy atom. The summed E-state index contributed by atoms with van der Waals surface area (Å²) < 4.78 is 18.3. The van der Waals surface area contributed by atoms with E-state index in [1.807, 2.05) is 18.2 Å². The maximum atomic E-state index is 13.7. The summed E-state index contributed by atoms with van der Waals surface area (Å²) in [4.78, 5) is 11.4. The van der Waals surface area contributed by atoms with Crippen molar-refractivity contribution in [1.82, 2.24) is 0 Å². The van der Waals surface area contributed by atoms with Gasteiger partial charge in [-0.1, -0.05) is 18.2 Å². The number of carbonyl (C=O) groups is 1. The fourth-order valence-electron chi connectivity index (χ4n) is 1.79. The number of para-hydroxylation sites is 1. The van der Waals surface area contributed by atoms with Gasteiger partial charge in [0.2, 0.25) is 0 Å². The second kappa shape index (κ2) is 6.06. The standard InChI is InChI=1S/C15H15FN2O2/c1-20-15(19)10-6-7-12(16)14(8-10)18-9-11-4-2-3-5-13(11)17/h2-8,18H,9,17H2,1H3. The first kappa shape index (κ1) is 13.9. The molecule has 4 nitrogen and oxygen atoms in total. The van der Waals surface area contributed by atoms with Crippen LogP contribution in [-0.2, 0) is 11.3 Å². The molecule has 0 atom stereocenters. The van der Waals surface area contributed by atoms with Crippen molar-refractivity contribution in [2.45, 2.75) is 6.54 Å². The highest BCUT2D eigenvalue weighted by atomic mass is 19.1. The van der Waals surface area contributed by atoms with Crippen molar-refractivity contribution in [1.29, 1.82) is 0 Å². The molecule has 2 aromatic rings. The second-order valence-electron chi connectivity index (χ2n) is 4.24. The number of benzene rings is 2. The van der Waals surface area contributed by atoms with Crippen LogP contribution >= 0.6 is 0 Å². The summed E-state index contributed by atoms with van der Waals surface area (Å²) in [5, 5.41) is 2.93. The van der Waals surface area contributed by atoms with Crippen molar-refractivity contribution >= 4 is 17.3 Å². The molecule has 2 aromatic carbocycles. The Labute approximate surface area is 116 Å². The van der Waals surface area contributed by atoms with E-state index in [1.54, 1.807) is 6.07 Å². The number of esters is 1. The van der Waals surface area contributed by atoms with E-state index in [-0.39, 0.29) is 11.3 Å². The van der Waals surface area contributed by atoms with Gasteiger partial charge >= 0.3 is 5.97 Å². The molecule has 2 rings (SSSR count). The number of anilines is 2. The summed E-state index contributed by atoms with van der Waals surface area (Å²) in [7, 11) is 1.28. The van der Waals surface area contributed by atoms with Crippen molar-refractivity contribution in [3.63, 3.8) is 0 Å². The number of hydrogen-bond donors (Lipinski definition) is 2. The van der Waals surface area contributed by atoms with Crippen LogP contribution in [-0.4, -0.2) is 13.1 Å². The minimum Gasteiger partial charge on any atom is -0.465 e. The fraction of sp³-hybridized carbons (Fsp3) is 0.133. The van der Waals surface area contributed by atoms with Gasteiger partial charge in [0, 0.05) is 12.2 Å². The molecule has 0 aliphatic heterocycles. The summed E-state index contributed by atoms with van der Waals surface area (Å²) in [5.74, 6) is -0.945. The lowest BCUT2D eigenvalue weighted by Gasteiger charge is -2.10. The maximum Gasteiger partial charge on any atom is 0.337 e. The number of rotatable bonds is 4. The van der Waals surface area contributed by atoms with Crippen LogP contribution in [0.2, 0.25) is 0 Å². The smallest absolute Gasteiger partial charge is 0.337 e. The molecule has 0 spiro atoms. The summed E-state index contributed by atoms with van der Waals surface area (Å²) >= 11 is 0. The largest absolute Gasteiger partial charge is 0.465 e. The van der Waals surface area contributed by atoms with Crippen molar-refractivity contribution < 1.29 is 13.9 Å². The summed E-state index contributed by atoms with van der Waals surface area (Å²) in [6.45, 7) is 0.369. The monoisotopic (exact) mass is 274 g/mol. The quantitative estimate of drug-likeness (QED) is 0.664. The first-order chi connectivity index (χ1) is 9.61. The highest BCUT2D eigenvalue weighted by Crippen LogP contribution is 2.19. The number of hydrogen-bond acceptors (Lipinski definition) is 4. The van der Waals surface area contributed by atoms with Gasteiger partial charge in [-0.25, -0.2) is 9.18 Å². The van der Waals surface area contributed by atoms with Crippen LogP contribution < -0.4 is 11.1 Å². The van der Waals surface area contributed by atoms with Crippen molar-refractivity contribution in [2.24, 2.45) is 0 Å². The van der Waals surface area contributed by atoms with Crippen LogP contribution in [0.15, 0.2) is 42.5 Å². The van der Waals surface area contributed by atoms with Crippen LogP contribution in [0.3, 0.4) is 0 Å². The van der Waals surface area contributed by atoms with Gasteiger partial charge in [-0.2, -0.15) is 0 Å². The molecule has 0 saturated heterocycles. The van der Waals surface area contributed by atoms with Crippen LogP contribution in [0, 0.1) is 5.82 Å². The second-order valence-corrected chi connectivity index (χ2v) is 4.24. The number of methoxy groups -OCH3 is 1. The normalized spacial score (nSPS) is 10.1. The van der Waals surface area contributed by atoms with Crippen molar-refractivity contribution in [3.8, 4) is 0 Å². The van der Waals surface area contributed by atoms with Crippen LogP contribution in [0.25, 0.3) is 0 Å². The molecule has 0 aliphatic rings. The molecule has 0 radical (unpaired) electrons. The number of nitrogen functional groups attached to an aromatic ring is 1. The Bertz CT molecular complexity index is 629. The minimum absolute atomic E-state index is 0.233. The van der Waals surface area contributed by atoms with E-state index in [9.17, 15) is 9.18 Å². The van der Waals surface area contributed by atoms with E-state index in [1.165, 1.54) is 25.3 Å². The van der Waals surface area contributed by atoms with Gasteiger partial charge < -0.3 is 15.8 Å². The molecule has 104 valence electrons. The fourth-order valence-corrected chi connectivity index (χ4v) is 1.79. The number of halogens is 1. The lowest BCUT2D eigenvalue weighted by atomic mass is 10.1. The molecule has 0 unspecified atom stereocenters. The molecule has 0 aromatic heterocycles. The average molecular weight is 274 g/mol. The molecule has 0 amide bonds. The van der Waals surface area contributed by atoms with Gasteiger partial charge in [0.05, 0.1) is 18.4 Å². The molecule has 0 fully saturated rings. The van der Waals surface area contributed by atoms with Gasteiger partial charge in [-0.05, 0) is 29.8 Å². The Balaban J connectivity index is 2.17. The van der Waals surface area contributed by atoms with Crippen LogP contribution in [0.5, 0.6) is 0 Å². The third-order valence-electron chi connectivity index (χ3n) is 2.91. The number of nitrogens with two attached hydrogens (primary N) is 1. The van der Waals surface area contributed by atoms with E-state index in [4.69, 9.17) is 5.73 Å². The molecule has 0 heterocycles. The van der Waals surface area contributed by atoms with Crippen molar-refractivity contribution in [3.05, 3.63) is 59.4 Å². The first-order valence-corrected chi connectivity index (χ1v) is 6.07. The third-order valence-corrected chi connectivity index (χ3v) is 2.91. The Morgan fingerprint density at radius 3 is 2.75 bits per heavy atom. The molecule has 0 aliphatic carbocycles. The molecular weight excluding hydrogens is 259 g/mol. The van der Waals surface area contributed by atoms with Gasteiger partial charge in [-0.3, -0.25) is 0 Å². The molecular formula is C15H15FN2O2. The molecule has 5 heteroatoms. The summed E-state index contributed by atoms with van der Waals surface area (Å²) in [6.07, 6.45) is 0. The topological polar surface area (TPSA) is 64.3 Å². The molecule has 0 bridgehead atoms. The van der Waals surface area contributed by atoms with Gasteiger partial charge in [0.25, 0.3) is 0 Å². The Kier molecular flexibility index (Phi) is 4.20. The van der Waals surface area contributed by atoms with Gasteiger partial charge in [0.1, 0.15) is 5.82 Å². The van der Waals surface area contributed by atoms with E-state index >= 15 is 0 Å². The Morgan fingerprint density at radius 1 is 1.30 bits per heavy atom. The summed E-state index contributed by atoms with van der Waals surface area (Å²) in [5.41, 5.74) is 7.82. The number of ether oxygens (including phenoxy) is 1. The lowest BCUT2D eigenvalue weighted by molar-refractivity contribution is 0.0600. The van der Waals surface area contributed by atoms with E-state index < -0.39 is 11.8 Å². The Hall–Kier alpha value is -2.56. The van der Waals surface area contributed by atoms with Gasteiger partial charge in [-0.15, -0.1) is 0 Å². The van der Waals surface area contributed by atoms with E-state index in [2.05, 4.69) is 10.1 Å². The van der Waals surface area contributed by atoms with Crippen molar-refractivity contribution in [2.75, 3.05) is 18.2 Å². The van der Waals surface area contributed by atoms with Gasteiger partial charge in [0.15, 0.2) is 0 Å². The highest BCUT2D eigenvalue weighted by molar-refractivity contribution is 5.90. The van der Waals surface area contributed by atoms with Crippen LogP contribution in [0.4, 0.5) is 15.8 Å². The SMILES string of the molecule is COC(=O)c1ccc(F)c(NCc2ccccc2N)c1. The highest BCUT2D eigenvalue weighted by Gasteiger charge is 2.10. The summed E-state index contributed by atoms with van der Waals surface area (Å²) in [6, 6.07) is 11.3. The first-order valence-electron chi connectivity index (χ1n) is 6.07. The lowest BCUT2D eigenvalue weighted by Crippen LogP contribution is -2.07. The zero-order chi connectivity index (χ0) is 14.5. The van der Waals surface area contributed by atoms with E-state index in [0.717, 1.165) is 5.56 Å². The molecule has 0 saturated carbocycles. The average Bonchev–Trinajstić information content (AvgIpc) is 2.47. The maximum absolute atomic E-state index is 13.7. The zero-order valence-electron chi connectivity index (χ0n) is 11.0. The third kappa shape index (κ3) is 3.06. The molecule has 20 heavy (non-hydrogen) atoms. The zero-order valence-corrected chi connectivity index (χ0v) is 11.0. The minimum atomic E-state index is -0.507. The predicted molar refractivity (Wildman–Crippen MR) is 75.9 cm³/mol. The number of nitrogens with one attached hydrogen (secondary N) is 1. The van der Waals surface area contributed by atoms with E-state index in [0.29, 0.717) is 12.2 Å².